The Balaban J connectivity index is 2.11. The molecular weight excluding hydrogens is 242 g/mol. The Morgan fingerprint density at radius 3 is 2.79 bits per heavy atom. The largest absolute Gasteiger partial charge is 0.398 e. The highest BCUT2D eigenvalue weighted by Gasteiger charge is 2.39. The number of carbonyl (C=O) groups is 2. The molecule has 1 unspecified atom stereocenters. The number of benzene rings is 1. The number of amides is 2. The van der Waals surface area contributed by atoms with Gasteiger partial charge in [-0.25, -0.2) is 0 Å². The molecule has 1 atom stereocenters. The van der Waals surface area contributed by atoms with Crippen LogP contribution in [0.3, 0.4) is 0 Å². The van der Waals surface area contributed by atoms with Crippen molar-refractivity contribution in [1.82, 2.24) is 9.88 Å². The number of carbonyl (C=O) groups excluding carboxylic acids is 2. The second-order valence-corrected chi connectivity index (χ2v) is 5.17. The number of rotatable bonds is 1. The van der Waals surface area contributed by atoms with E-state index in [1.165, 1.54) is 0 Å². The third-order valence-electron chi connectivity index (χ3n) is 3.87. The van der Waals surface area contributed by atoms with Gasteiger partial charge in [0.25, 0.3) is 5.91 Å². The summed E-state index contributed by atoms with van der Waals surface area (Å²) in [5, 5.41) is 4.31. The van der Waals surface area contributed by atoms with E-state index >= 15 is 0 Å². The second kappa shape index (κ2) is 3.85. The van der Waals surface area contributed by atoms with Gasteiger partial charge in [-0.05, 0) is 19.4 Å². The average Bonchev–Trinajstić information content (AvgIpc) is 2.80. The van der Waals surface area contributed by atoms with Gasteiger partial charge in [-0.3, -0.25) is 14.9 Å². The summed E-state index contributed by atoms with van der Waals surface area (Å²) in [7, 11) is 0. The standard InChI is InChI=1S/C14H15N3O2/c1-14(6-5-12(18)16-13(14)19)17-7-9-3-2-4-11(15)10(9)8-17/h2-4,7-8H,5-6,15H2,1H3,(H,16,18,19). The Morgan fingerprint density at radius 2 is 2.11 bits per heavy atom. The lowest BCUT2D eigenvalue weighted by atomic mass is 9.91. The summed E-state index contributed by atoms with van der Waals surface area (Å²) < 4.78 is 1.86. The van der Waals surface area contributed by atoms with Crippen molar-refractivity contribution < 1.29 is 9.59 Å². The molecule has 3 N–H and O–H groups in total. The SMILES string of the molecule is CC1(n2cc3cccc(N)c3c2)CCC(=O)NC1=O. The van der Waals surface area contributed by atoms with Gasteiger partial charge < -0.3 is 10.3 Å². The Labute approximate surface area is 110 Å². The van der Waals surface area contributed by atoms with Gasteiger partial charge in [0.05, 0.1) is 0 Å². The fourth-order valence-corrected chi connectivity index (χ4v) is 2.52. The van der Waals surface area contributed by atoms with Crippen LogP contribution < -0.4 is 11.1 Å². The predicted octanol–water partition coefficient (Wildman–Crippen LogP) is 1.38. The zero-order chi connectivity index (χ0) is 13.6. The monoisotopic (exact) mass is 257 g/mol. The quantitative estimate of drug-likeness (QED) is 0.598. The zero-order valence-corrected chi connectivity index (χ0v) is 10.6. The van der Waals surface area contributed by atoms with E-state index in [1.54, 1.807) is 0 Å². The minimum absolute atomic E-state index is 0.210. The molecule has 1 saturated heterocycles. The Morgan fingerprint density at radius 1 is 1.32 bits per heavy atom. The summed E-state index contributed by atoms with van der Waals surface area (Å²) in [5.74, 6) is -0.471. The molecule has 5 heteroatoms. The van der Waals surface area contributed by atoms with Gasteiger partial charge >= 0.3 is 0 Å². The normalized spacial score (nSPS) is 23.6. The first-order valence-corrected chi connectivity index (χ1v) is 6.22. The summed E-state index contributed by atoms with van der Waals surface area (Å²) in [6.07, 6.45) is 4.63. The van der Waals surface area contributed by atoms with E-state index in [2.05, 4.69) is 5.32 Å². The summed E-state index contributed by atoms with van der Waals surface area (Å²) in [4.78, 5) is 23.4. The molecule has 5 nitrogen and oxygen atoms in total. The van der Waals surface area contributed by atoms with Crippen LogP contribution in [0.1, 0.15) is 19.8 Å². The highest BCUT2D eigenvalue weighted by Crippen LogP contribution is 2.31. The molecule has 0 radical (unpaired) electrons. The lowest BCUT2D eigenvalue weighted by Crippen LogP contribution is -2.52. The maximum Gasteiger partial charge on any atom is 0.252 e. The third-order valence-corrected chi connectivity index (χ3v) is 3.87. The van der Waals surface area contributed by atoms with Gasteiger partial charge in [-0.2, -0.15) is 0 Å². The van der Waals surface area contributed by atoms with Crippen molar-refractivity contribution in [2.24, 2.45) is 0 Å². The molecule has 2 aromatic rings. The van der Waals surface area contributed by atoms with E-state index in [4.69, 9.17) is 5.73 Å². The third kappa shape index (κ3) is 1.69. The number of nitrogen functional groups attached to an aromatic ring is 1. The maximum atomic E-state index is 12.1. The van der Waals surface area contributed by atoms with Crippen LogP contribution in [-0.2, 0) is 15.1 Å². The Bertz CT molecular complexity index is 689. The Hall–Kier alpha value is -2.30. The van der Waals surface area contributed by atoms with E-state index in [-0.39, 0.29) is 11.8 Å². The molecule has 0 aliphatic carbocycles. The smallest absolute Gasteiger partial charge is 0.252 e. The van der Waals surface area contributed by atoms with Crippen molar-refractivity contribution in [1.29, 1.82) is 0 Å². The van der Waals surface area contributed by atoms with Gasteiger partial charge in [0.15, 0.2) is 0 Å². The first-order chi connectivity index (χ1) is 9.00. The second-order valence-electron chi connectivity index (χ2n) is 5.17. The predicted molar refractivity (Wildman–Crippen MR) is 72.4 cm³/mol. The number of imide groups is 1. The average molecular weight is 257 g/mol. The minimum atomic E-state index is -0.737. The lowest BCUT2D eigenvalue weighted by molar-refractivity contribution is -0.140. The zero-order valence-electron chi connectivity index (χ0n) is 10.6. The summed E-state index contributed by atoms with van der Waals surface area (Å²) in [6.45, 7) is 1.84. The fraction of sp³-hybridized carbons (Fsp3) is 0.286. The van der Waals surface area contributed by atoms with E-state index in [9.17, 15) is 9.59 Å². The molecule has 19 heavy (non-hydrogen) atoms. The first kappa shape index (κ1) is 11.8. The van der Waals surface area contributed by atoms with E-state index in [0.717, 1.165) is 10.8 Å². The molecule has 1 aliphatic heterocycles. The molecule has 98 valence electrons. The molecule has 0 spiro atoms. The van der Waals surface area contributed by atoms with Crippen LogP contribution >= 0.6 is 0 Å². The van der Waals surface area contributed by atoms with Crippen molar-refractivity contribution in [3.8, 4) is 0 Å². The van der Waals surface area contributed by atoms with Crippen molar-refractivity contribution in [2.45, 2.75) is 25.3 Å². The molecule has 1 aliphatic rings. The molecular formula is C14H15N3O2. The van der Waals surface area contributed by atoms with Crippen LogP contribution in [0.5, 0.6) is 0 Å². The summed E-state index contributed by atoms with van der Waals surface area (Å²) >= 11 is 0. The van der Waals surface area contributed by atoms with Crippen LogP contribution in [0.25, 0.3) is 10.8 Å². The number of hydrogen-bond donors (Lipinski definition) is 2. The van der Waals surface area contributed by atoms with Crippen molar-refractivity contribution in [3.63, 3.8) is 0 Å². The maximum absolute atomic E-state index is 12.1. The van der Waals surface area contributed by atoms with Crippen molar-refractivity contribution >= 4 is 28.3 Å². The Kier molecular flexibility index (Phi) is 2.38. The van der Waals surface area contributed by atoms with Gasteiger partial charge in [-0.15, -0.1) is 0 Å². The summed E-state index contributed by atoms with van der Waals surface area (Å²) in [5.41, 5.74) is 5.88. The number of nitrogens with one attached hydrogen (secondary N) is 1. The van der Waals surface area contributed by atoms with Crippen LogP contribution in [0, 0.1) is 0 Å². The molecule has 3 rings (SSSR count). The van der Waals surface area contributed by atoms with Crippen LogP contribution in [0.4, 0.5) is 5.69 Å². The molecule has 1 fully saturated rings. The number of piperidine rings is 1. The van der Waals surface area contributed by atoms with Gasteiger partial charge in [0.1, 0.15) is 5.54 Å². The fourth-order valence-electron chi connectivity index (χ4n) is 2.52. The molecule has 1 aromatic heterocycles. The van der Waals surface area contributed by atoms with Crippen LogP contribution in [0.15, 0.2) is 30.6 Å². The highest BCUT2D eigenvalue weighted by atomic mass is 16.2. The van der Waals surface area contributed by atoms with E-state index in [0.29, 0.717) is 18.5 Å². The van der Waals surface area contributed by atoms with E-state index in [1.807, 2.05) is 42.1 Å². The van der Waals surface area contributed by atoms with Crippen LogP contribution in [-0.4, -0.2) is 16.4 Å². The topological polar surface area (TPSA) is 77.1 Å². The number of hydrogen-bond acceptors (Lipinski definition) is 3. The number of nitrogens with two attached hydrogens (primary N) is 1. The molecule has 2 amide bonds. The highest BCUT2D eigenvalue weighted by molar-refractivity contribution is 6.02. The van der Waals surface area contributed by atoms with E-state index < -0.39 is 5.54 Å². The molecule has 2 heterocycles. The van der Waals surface area contributed by atoms with Crippen molar-refractivity contribution in [2.75, 3.05) is 5.73 Å². The lowest BCUT2D eigenvalue weighted by Gasteiger charge is -2.33. The summed E-state index contributed by atoms with van der Waals surface area (Å²) in [6, 6.07) is 5.67. The number of nitrogens with zero attached hydrogens (tertiary/aromatic N) is 1. The first-order valence-electron chi connectivity index (χ1n) is 6.22. The van der Waals surface area contributed by atoms with Gasteiger partial charge in [0, 0.05) is 35.3 Å². The van der Waals surface area contributed by atoms with Gasteiger partial charge in [-0.1, -0.05) is 12.1 Å². The molecule has 0 bridgehead atoms. The molecule has 0 saturated carbocycles. The number of anilines is 1. The minimum Gasteiger partial charge on any atom is -0.398 e. The molecule has 1 aromatic carbocycles. The van der Waals surface area contributed by atoms with Crippen molar-refractivity contribution in [3.05, 3.63) is 30.6 Å². The number of fused-ring (bicyclic) bond motifs is 1. The van der Waals surface area contributed by atoms with Gasteiger partial charge in [0.2, 0.25) is 5.91 Å². The number of aromatic nitrogens is 1. The van der Waals surface area contributed by atoms with Crippen LogP contribution in [0.2, 0.25) is 0 Å².